The van der Waals surface area contributed by atoms with Gasteiger partial charge in [-0.2, -0.15) is 0 Å². The van der Waals surface area contributed by atoms with Crippen LogP contribution in [0.1, 0.15) is 49.8 Å². The van der Waals surface area contributed by atoms with Crippen LogP contribution >= 0.6 is 15.9 Å². The molecule has 0 aliphatic rings. The summed E-state index contributed by atoms with van der Waals surface area (Å²) in [6.07, 6.45) is 0.282. The highest BCUT2D eigenvalue weighted by Crippen LogP contribution is 2.29. The van der Waals surface area contributed by atoms with Crippen molar-refractivity contribution < 1.29 is 9.59 Å². The molecule has 0 saturated carbocycles. The van der Waals surface area contributed by atoms with E-state index in [0.717, 1.165) is 21.2 Å². The molecule has 3 aromatic rings. The smallest absolute Gasteiger partial charge is 0.242 e. The zero-order valence-electron chi connectivity index (χ0n) is 19.4. The molecule has 0 spiro atoms. The van der Waals surface area contributed by atoms with Crippen LogP contribution in [0, 0.1) is 0 Å². The Kier molecular flexibility index (Phi) is 8.84. The molecule has 0 radical (unpaired) electrons. The lowest BCUT2D eigenvalue weighted by Gasteiger charge is -2.31. The van der Waals surface area contributed by atoms with Crippen molar-refractivity contribution in [3.8, 4) is 0 Å². The second kappa shape index (κ2) is 11.8. The van der Waals surface area contributed by atoms with Crippen LogP contribution in [0.2, 0.25) is 0 Å². The van der Waals surface area contributed by atoms with Gasteiger partial charge in [-0.05, 0) is 49.6 Å². The highest BCUT2D eigenvalue weighted by atomic mass is 79.9. The molecule has 0 fully saturated rings. The minimum atomic E-state index is -0.587. The maximum atomic E-state index is 13.7. The van der Waals surface area contributed by atoms with Gasteiger partial charge in [0.25, 0.3) is 0 Å². The van der Waals surface area contributed by atoms with Gasteiger partial charge in [-0.15, -0.1) is 0 Å². The highest BCUT2D eigenvalue weighted by molar-refractivity contribution is 9.10. The molecule has 1 N–H and O–H groups in total. The van der Waals surface area contributed by atoms with Crippen LogP contribution in [0.5, 0.6) is 0 Å². The molecule has 0 heterocycles. The van der Waals surface area contributed by atoms with E-state index in [1.807, 2.05) is 74.5 Å². The van der Waals surface area contributed by atoms with Crippen LogP contribution in [0.15, 0.2) is 89.4 Å². The van der Waals surface area contributed by atoms with E-state index in [0.29, 0.717) is 6.54 Å². The van der Waals surface area contributed by atoms with Gasteiger partial charge in [0.15, 0.2) is 0 Å². The normalized spacial score (nSPS) is 11.9. The third-order valence-corrected chi connectivity index (χ3v) is 6.18. The minimum Gasteiger partial charge on any atom is -0.352 e. The van der Waals surface area contributed by atoms with Gasteiger partial charge in [-0.1, -0.05) is 88.7 Å². The molecule has 3 aromatic carbocycles. The topological polar surface area (TPSA) is 49.4 Å². The predicted molar refractivity (Wildman–Crippen MR) is 137 cm³/mol. The first-order valence-electron chi connectivity index (χ1n) is 11.3. The van der Waals surface area contributed by atoms with E-state index in [1.165, 1.54) is 0 Å². The molecule has 0 bridgehead atoms. The molecule has 0 aliphatic heterocycles. The summed E-state index contributed by atoms with van der Waals surface area (Å²) in [6.45, 7) is 6.02. The van der Waals surface area contributed by atoms with Crippen molar-refractivity contribution in [2.45, 2.75) is 51.7 Å². The average molecular weight is 507 g/mol. The molecule has 33 heavy (non-hydrogen) atoms. The van der Waals surface area contributed by atoms with Gasteiger partial charge in [0.2, 0.25) is 11.8 Å². The van der Waals surface area contributed by atoms with Crippen molar-refractivity contribution in [1.29, 1.82) is 0 Å². The number of nitrogens with zero attached hydrogens (tertiary/aromatic N) is 1. The molecule has 2 amide bonds. The summed E-state index contributed by atoms with van der Waals surface area (Å²) >= 11 is 3.46. The number of halogens is 1. The number of amides is 2. The van der Waals surface area contributed by atoms with E-state index in [9.17, 15) is 9.59 Å². The highest BCUT2D eigenvalue weighted by Gasteiger charge is 2.29. The molecule has 4 nitrogen and oxygen atoms in total. The van der Waals surface area contributed by atoms with Crippen LogP contribution < -0.4 is 5.32 Å². The monoisotopic (exact) mass is 506 g/mol. The van der Waals surface area contributed by atoms with E-state index in [4.69, 9.17) is 0 Å². The number of hydrogen-bond donors (Lipinski definition) is 1. The standard InChI is InChI=1S/C28H31BrN2O2/c1-20(2)30-28(33)21(3)31(19-22-14-16-25(29)17-15-22)27(32)18-26(23-10-6-4-7-11-23)24-12-8-5-9-13-24/h4-17,20-21,26H,18-19H2,1-3H3,(H,30,33)/t21-/m0/s1. The summed E-state index contributed by atoms with van der Waals surface area (Å²) in [4.78, 5) is 28.3. The molecule has 5 heteroatoms. The first kappa shape index (κ1) is 24.7. The molecule has 172 valence electrons. The average Bonchev–Trinajstić information content (AvgIpc) is 2.82. The summed E-state index contributed by atoms with van der Waals surface area (Å²) < 4.78 is 0.975. The van der Waals surface area contributed by atoms with Crippen molar-refractivity contribution >= 4 is 27.7 Å². The maximum Gasteiger partial charge on any atom is 0.242 e. The molecule has 0 aromatic heterocycles. The third kappa shape index (κ3) is 7.03. The quantitative estimate of drug-likeness (QED) is 0.391. The molecule has 1 atom stereocenters. The number of benzene rings is 3. The van der Waals surface area contributed by atoms with Crippen molar-refractivity contribution in [2.24, 2.45) is 0 Å². The maximum absolute atomic E-state index is 13.7. The van der Waals surface area contributed by atoms with Crippen LogP contribution in [-0.4, -0.2) is 28.8 Å². The zero-order valence-corrected chi connectivity index (χ0v) is 21.0. The van der Waals surface area contributed by atoms with Crippen molar-refractivity contribution in [2.75, 3.05) is 0 Å². The van der Waals surface area contributed by atoms with Crippen LogP contribution in [0.4, 0.5) is 0 Å². The third-order valence-electron chi connectivity index (χ3n) is 5.65. The summed E-state index contributed by atoms with van der Waals surface area (Å²) in [5.41, 5.74) is 3.14. The van der Waals surface area contributed by atoms with Crippen molar-refractivity contribution in [3.05, 3.63) is 106 Å². The van der Waals surface area contributed by atoms with Gasteiger partial charge in [-0.25, -0.2) is 0 Å². The zero-order chi connectivity index (χ0) is 23.8. The van der Waals surface area contributed by atoms with E-state index in [2.05, 4.69) is 45.5 Å². The summed E-state index contributed by atoms with van der Waals surface area (Å²) in [5.74, 6) is -0.291. The Hall–Kier alpha value is -2.92. The number of carbonyl (C=O) groups is 2. The fraction of sp³-hybridized carbons (Fsp3) is 0.286. The second-order valence-electron chi connectivity index (χ2n) is 8.57. The van der Waals surface area contributed by atoms with Crippen molar-refractivity contribution in [3.63, 3.8) is 0 Å². The molecule has 0 aliphatic carbocycles. The Labute approximate surface area is 205 Å². The Balaban J connectivity index is 1.91. The fourth-order valence-corrected chi connectivity index (χ4v) is 4.13. The van der Waals surface area contributed by atoms with E-state index < -0.39 is 6.04 Å². The van der Waals surface area contributed by atoms with Gasteiger partial charge >= 0.3 is 0 Å². The molecule has 0 saturated heterocycles. The summed E-state index contributed by atoms with van der Waals surface area (Å²) in [6, 6.07) is 27.4. The van der Waals surface area contributed by atoms with Gasteiger partial charge in [0.1, 0.15) is 6.04 Å². The van der Waals surface area contributed by atoms with Gasteiger partial charge in [0.05, 0.1) is 0 Å². The number of nitrogens with one attached hydrogen (secondary N) is 1. The molecule has 0 unspecified atom stereocenters. The molecular formula is C28H31BrN2O2. The summed E-state index contributed by atoms with van der Waals surface area (Å²) in [5, 5.41) is 2.95. The van der Waals surface area contributed by atoms with Gasteiger partial charge < -0.3 is 10.2 Å². The first-order chi connectivity index (χ1) is 15.8. The SMILES string of the molecule is CC(C)NC(=O)[C@H](C)N(Cc1ccc(Br)cc1)C(=O)CC(c1ccccc1)c1ccccc1. The van der Waals surface area contributed by atoms with Gasteiger partial charge in [0, 0.05) is 29.4 Å². The van der Waals surface area contributed by atoms with Crippen LogP contribution in [-0.2, 0) is 16.1 Å². The molecule has 3 rings (SSSR count). The Morgan fingerprint density at radius 3 is 1.82 bits per heavy atom. The van der Waals surface area contributed by atoms with Crippen LogP contribution in [0.3, 0.4) is 0 Å². The van der Waals surface area contributed by atoms with Gasteiger partial charge in [-0.3, -0.25) is 9.59 Å². The Morgan fingerprint density at radius 1 is 0.818 bits per heavy atom. The van der Waals surface area contributed by atoms with Crippen LogP contribution in [0.25, 0.3) is 0 Å². The minimum absolute atomic E-state index is 0.00553. The second-order valence-corrected chi connectivity index (χ2v) is 9.48. The first-order valence-corrected chi connectivity index (χ1v) is 12.1. The molecular weight excluding hydrogens is 476 g/mol. The number of carbonyl (C=O) groups excluding carboxylic acids is 2. The lowest BCUT2D eigenvalue weighted by molar-refractivity contribution is -0.141. The Morgan fingerprint density at radius 2 is 1.33 bits per heavy atom. The van der Waals surface area contributed by atoms with Crippen molar-refractivity contribution in [1.82, 2.24) is 10.2 Å². The number of rotatable bonds is 9. The largest absolute Gasteiger partial charge is 0.352 e. The van der Waals surface area contributed by atoms with E-state index in [1.54, 1.807) is 11.8 Å². The number of hydrogen-bond acceptors (Lipinski definition) is 2. The lowest BCUT2D eigenvalue weighted by atomic mass is 9.88. The predicted octanol–water partition coefficient (Wildman–Crippen LogP) is 5.91. The van der Waals surface area contributed by atoms with E-state index in [-0.39, 0.29) is 30.2 Å². The fourth-order valence-electron chi connectivity index (χ4n) is 3.86. The Bertz CT molecular complexity index is 997. The lowest BCUT2D eigenvalue weighted by Crippen LogP contribution is -2.49. The summed E-state index contributed by atoms with van der Waals surface area (Å²) in [7, 11) is 0. The van der Waals surface area contributed by atoms with E-state index >= 15 is 0 Å².